The summed E-state index contributed by atoms with van der Waals surface area (Å²) < 4.78 is 3.70. The second kappa shape index (κ2) is 5.60. The molecule has 1 aliphatic rings. The van der Waals surface area contributed by atoms with Gasteiger partial charge in [-0.2, -0.15) is 0 Å². The second-order valence-electron chi connectivity index (χ2n) is 5.37. The lowest BCUT2D eigenvalue weighted by Gasteiger charge is -2.33. The first-order valence-corrected chi connectivity index (χ1v) is 8.39. The number of aromatic nitrogens is 1. The van der Waals surface area contributed by atoms with Crippen molar-refractivity contribution in [2.45, 2.75) is 19.5 Å². The Morgan fingerprint density at radius 2 is 2.35 bits per heavy atom. The highest BCUT2D eigenvalue weighted by molar-refractivity contribution is 9.10. The zero-order valence-corrected chi connectivity index (χ0v) is 14.1. The highest BCUT2D eigenvalue weighted by atomic mass is 79.9. The van der Waals surface area contributed by atoms with E-state index in [1.807, 2.05) is 6.20 Å². The molecule has 6 heteroatoms. The Kier molecular flexibility index (Phi) is 3.99. The molecule has 3 rings (SSSR count). The van der Waals surface area contributed by atoms with Gasteiger partial charge in [0, 0.05) is 50.3 Å². The van der Waals surface area contributed by atoms with Crippen molar-refractivity contribution in [1.29, 1.82) is 0 Å². The van der Waals surface area contributed by atoms with Crippen LogP contribution in [0, 0.1) is 0 Å². The first kappa shape index (κ1) is 14.3. The maximum absolute atomic E-state index is 12.2. The molecule has 2 aromatic heterocycles. The Balaban J connectivity index is 1.95. The van der Waals surface area contributed by atoms with Crippen LogP contribution in [0.5, 0.6) is 0 Å². The van der Waals surface area contributed by atoms with E-state index < -0.39 is 0 Å². The Morgan fingerprint density at radius 1 is 1.55 bits per heavy atom. The van der Waals surface area contributed by atoms with E-state index in [4.69, 9.17) is 0 Å². The topological polar surface area (TPSA) is 37.3 Å². The molecule has 1 N–H and O–H groups in total. The smallest absolute Gasteiger partial charge is 0.259 e. The van der Waals surface area contributed by atoms with Gasteiger partial charge in [-0.1, -0.05) is 0 Å². The largest absolute Gasteiger partial charge is 0.317 e. The molecule has 0 bridgehead atoms. The van der Waals surface area contributed by atoms with Crippen molar-refractivity contribution in [2.24, 2.45) is 7.05 Å². The summed E-state index contributed by atoms with van der Waals surface area (Å²) in [4.78, 5) is 15.9. The van der Waals surface area contributed by atoms with E-state index in [2.05, 4.69) is 39.1 Å². The fraction of sp³-hybridized carbons (Fsp3) is 0.500. The minimum Gasteiger partial charge on any atom is -0.317 e. The monoisotopic (exact) mass is 355 g/mol. The Morgan fingerprint density at radius 3 is 3.10 bits per heavy atom. The number of halogens is 1. The molecule has 3 heterocycles. The van der Waals surface area contributed by atoms with Crippen molar-refractivity contribution in [1.82, 2.24) is 14.8 Å². The SMILES string of the molecule is C[C@@H]1CNCCN1Cc1cc2c(=O)n(C)cc(Br)c2s1. The Hall–Kier alpha value is -0.690. The Labute approximate surface area is 130 Å². The van der Waals surface area contributed by atoms with Crippen LogP contribution in [0.4, 0.5) is 0 Å². The lowest BCUT2D eigenvalue weighted by molar-refractivity contribution is 0.167. The normalized spacial score (nSPS) is 20.6. The zero-order valence-electron chi connectivity index (χ0n) is 11.6. The lowest BCUT2D eigenvalue weighted by Crippen LogP contribution is -2.49. The van der Waals surface area contributed by atoms with Gasteiger partial charge in [-0.15, -0.1) is 11.3 Å². The number of pyridine rings is 1. The van der Waals surface area contributed by atoms with E-state index in [1.54, 1.807) is 23.0 Å². The lowest BCUT2D eigenvalue weighted by atomic mass is 10.2. The molecule has 1 fully saturated rings. The standard InChI is InChI=1S/C14H18BrN3OS/c1-9-6-16-3-4-18(9)7-10-5-11-13(20-10)12(15)8-17(2)14(11)19/h5,8-9,16H,3-4,6-7H2,1-2H3/t9-/m1/s1. The highest BCUT2D eigenvalue weighted by Crippen LogP contribution is 2.30. The van der Waals surface area contributed by atoms with E-state index in [-0.39, 0.29) is 5.56 Å². The molecule has 108 valence electrons. The molecule has 0 aromatic carbocycles. The number of aryl methyl sites for hydroxylation is 1. The van der Waals surface area contributed by atoms with Crippen LogP contribution in [0.2, 0.25) is 0 Å². The molecular formula is C14H18BrN3OS. The second-order valence-corrected chi connectivity index (χ2v) is 7.36. The van der Waals surface area contributed by atoms with Gasteiger partial charge >= 0.3 is 0 Å². The number of nitrogens with one attached hydrogen (secondary N) is 1. The van der Waals surface area contributed by atoms with Crippen molar-refractivity contribution < 1.29 is 0 Å². The number of thiophene rings is 1. The molecule has 4 nitrogen and oxygen atoms in total. The summed E-state index contributed by atoms with van der Waals surface area (Å²) in [6.45, 7) is 6.32. The maximum Gasteiger partial charge on any atom is 0.259 e. The van der Waals surface area contributed by atoms with E-state index in [9.17, 15) is 4.79 Å². The van der Waals surface area contributed by atoms with Gasteiger partial charge in [0.05, 0.1) is 14.6 Å². The van der Waals surface area contributed by atoms with Crippen molar-refractivity contribution in [2.75, 3.05) is 19.6 Å². The van der Waals surface area contributed by atoms with Gasteiger partial charge in [0.25, 0.3) is 5.56 Å². The van der Waals surface area contributed by atoms with Gasteiger partial charge in [-0.25, -0.2) is 0 Å². The molecule has 0 aliphatic carbocycles. The number of hydrogen-bond donors (Lipinski definition) is 1. The van der Waals surface area contributed by atoms with Crippen LogP contribution in [0.25, 0.3) is 10.1 Å². The average molecular weight is 356 g/mol. The van der Waals surface area contributed by atoms with E-state index in [1.165, 1.54) is 4.88 Å². The van der Waals surface area contributed by atoms with E-state index in [0.717, 1.165) is 40.7 Å². The first-order valence-electron chi connectivity index (χ1n) is 6.78. The van der Waals surface area contributed by atoms with Crippen molar-refractivity contribution >= 4 is 37.4 Å². The summed E-state index contributed by atoms with van der Waals surface area (Å²) in [5.41, 5.74) is 0.0825. The highest BCUT2D eigenvalue weighted by Gasteiger charge is 2.19. The molecule has 0 unspecified atom stereocenters. The molecule has 20 heavy (non-hydrogen) atoms. The van der Waals surface area contributed by atoms with Gasteiger partial charge in [-0.3, -0.25) is 9.69 Å². The van der Waals surface area contributed by atoms with Gasteiger partial charge < -0.3 is 9.88 Å². The maximum atomic E-state index is 12.2. The van der Waals surface area contributed by atoms with Crippen LogP contribution in [-0.2, 0) is 13.6 Å². The number of piperazine rings is 1. The van der Waals surface area contributed by atoms with Crippen LogP contribution in [0.1, 0.15) is 11.8 Å². The minimum atomic E-state index is 0.0825. The fourth-order valence-electron chi connectivity index (χ4n) is 2.65. The number of nitrogens with zero attached hydrogens (tertiary/aromatic N) is 2. The third-order valence-electron chi connectivity index (χ3n) is 3.86. The third-order valence-corrected chi connectivity index (χ3v) is 5.87. The molecule has 2 aromatic rings. The molecule has 0 saturated carbocycles. The van der Waals surface area contributed by atoms with Crippen molar-refractivity contribution in [3.05, 3.63) is 32.0 Å². The van der Waals surface area contributed by atoms with Crippen LogP contribution >= 0.6 is 27.3 Å². The summed E-state index contributed by atoms with van der Waals surface area (Å²) in [7, 11) is 1.79. The van der Waals surface area contributed by atoms with Gasteiger partial charge in [0.2, 0.25) is 0 Å². The summed E-state index contributed by atoms with van der Waals surface area (Å²) in [6.07, 6.45) is 1.85. The number of rotatable bonds is 2. The van der Waals surface area contributed by atoms with Crippen molar-refractivity contribution in [3.8, 4) is 0 Å². The Bertz CT molecular complexity index is 694. The van der Waals surface area contributed by atoms with Gasteiger partial charge in [-0.05, 0) is 28.9 Å². The molecule has 1 aliphatic heterocycles. The van der Waals surface area contributed by atoms with Gasteiger partial charge in [0.1, 0.15) is 0 Å². The van der Waals surface area contributed by atoms with Crippen LogP contribution in [-0.4, -0.2) is 35.1 Å². The van der Waals surface area contributed by atoms with Crippen LogP contribution in [0.3, 0.4) is 0 Å². The summed E-state index contributed by atoms with van der Waals surface area (Å²) >= 11 is 5.28. The molecule has 0 radical (unpaired) electrons. The molecule has 1 saturated heterocycles. The van der Waals surface area contributed by atoms with Gasteiger partial charge in [0.15, 0.2) is 0 Å². The van der Waals surface area contributed by atoms with Crippen LogP contribution < -0.4 is 10.9 Å². The predicted octanol–water partition coefficient (Wildman–Crippen LogP) is 2.16. The quantitative estimate of drug-likeness (QED) is 0.896. The zero-order chi connectivity index (χ0) is 14.3. The fourth-order valence-corrected chi connectivity index (χ4v) is 4.49. The molecule has 0 amide bonds. The number of fused-ring (bicyclic) bond motifs is 1. The third kappa shape index (κ3) is 2.57. The first-order chi connectivity index (χ1) is 9.56. The minimum absolute atomic E-state index is 0.0825. The van der Waals surface area contributed by atoms with E-state index in [0.29, 0.717) is 6.04 Å². The summed E-state index contributed by atoms with van der Waals surface area (Å²) in [6, 6.07) is 2.60. The molecule has 1 atom stereocenters. The summed E-state index contributed by atoms with van der Waals surface area (Å²) in [5.74, 6) is 0. The van der Waals surface area contributed by atoms with Crippen LogP contribution in [0.15, 0.2) is 21.5 Å². The molecule has 0 spiro atoms. The van der Waals surface area contributed by atoms with Crippen molar-refractivity contribution in [3.63, 3.8) is 0 Å². The molecular weight excluding hydrogens is 338 g/mol. The van der Waals surface area contributed by atoms with E-state index >= 15 is 0 Å². The number of hydrogen-bond acceptors (Lipinski definition) is 4. The summed E-state index contributed by atoms with van der Waals surface area (Å²) in [5, 5.41) is 4.23. The average Bonchev–Trinajstić information content (AvgIpc) is 2.83. The predicted molar refractivity (Wildman–Crippen MR) is 87.5 cm³/mol.